The second kappa shape index (κ2) is 11.9. The van der Waals surface area contributed by atoms with E-state index in [0.29, 0.717) is 24.0 Å². The van der Waals surface area contributed by atoms with Crippen molar-refractivity contribution in [2.45, 2.75) is 76.6 Å². The third-order valence-corrected chi connectivity index (χ3v) is 5.06. The van der Waals surface area contributed by atoms with Crippen LogP contribution in [0.4, 0.5) is 14.5 Å². The Bertz CT molecular complexity index is 561. The number of nitrogens with zero attached hydrogens (tertiary/aromatic N) is 1. The minimum Gasteiger partial charge on any atom is -0.496 e. The Balaban J connectivity index is 2.82. The molecular weight excluding hydrogens is 348 g/mol. The standard InChI is InChI=1S/C22H35F2NO2/c1-5-6-7-8-9-10-11-15-22(23,24)20(14-16-26)19-13-12-18(25(2)3)17-21(19)27-4/h12-13,16-17,20H,5-11,14-15H2,1-4H3/t20-/m1/s1. The number of ether oxygens (including phenoxy) is 1. The Hall–Kier alpha value is -1.65. The second-order valence-corrected chi connectivity index (χ2v) is 7.41. The molecule has 1 atom stereocenters. The van der Waals surface area contributed by atoms with E-state index in [1.807, 2.05) is 19.0 Å². The summed E-state index contributed by atoms with van der Waals surface area (Å²) in [5.74, 6) is -3.68. The number of carbonyl (C=O) groups is 1. The quantitative estimate of drug-likeness (QED) is 0.282. The van der Waals surface area contributed by atoms with Gasteiger partial charge in [-0.2, -0.15) is 0 Å². The maximum Gasteiger partial charge on any atom is 0.255 e. The Morgan fingerprint density at radius 2 is 1.74 bits per heavy atom. The molecule has 0 fully saturated rings. The molecule has 0 aliphatic heterocycles. The van der Waals surface area contributed by atoms with Crippen LogP contribution in [0.5, 0.6) is 5.75 Å². The molecule has 0 heterocycles. The van der Waals surface area contributed by atoms with Gasteiger partial charge in [-0.3, -0.25) is 0 Å². The van der Waals surface area contributed by atoms with Crippen LogP contribution in [0.2, 0.25) is 0 Å². The first-order valence-electron chi connectivity index (χ1n) is 10.0. The molecule has 0 bridgehead atoms. The third-order valence-electron chi connectivity index (χ3n) is 5.06. The average Bonchev–Trinajstić information content (AvgIpc) is 2.64. The van der Waals surface area contributed by atoms with Crippen molar-refractivity contribution in [1.29, 1.82) is 0 Å². The topological polar surface area (TPSA) is 29.5 Å². The SMILES string of the molecule is CCCCCCCCCC(F)(F)[C@H](CC=O)c1ccc(N(C)C)cc1OC. The van der Waals surface area contributed by atoms with Gasteiger partial charge >= 0.3 is 0 Å². The lowest BCUT2D eigenvalue weighted by Crippen LogP contribution is -2.27. The number of alkyl halides is 2. The van der Waals surface area contributed by atoms with Gasteiger partial charge in [0.05, 0.1) is 13.0 Å². The maximum atomic E-state index is 14.9. The predicted molar refractivity (Wildman–Crippen MR) is 108 cm³/mol. The van der Waals surface area contributed by atoms with Crippen molar-refractivity contribution >= 4 is 12.0 Å². The molecule has 0 N–H and O–H groups in total. The van der Waals surface area contributed by atoms with Gasteiger partial charge in [0.15, 0.2) is 0 Å². The van der Waals surface area contributed by atoms with E-state index in [2.05, 4.69) is 6.92 Å². The molecule has 0 amide bonds. The molecular formula is C22H35F2NO2. The summed E-state index contributed by atoms with van der Waals surface area (Å²) in [6.45, 7) is 2.16. The van der Waals surface area contributed by atoms with Crippen molar-refractivity contribution in [2.24, 2.45) is 0 Å². The van der Waals surface area contributed by atoms with Crippen LogP contribution in [0.25, 0.3) is 0 Å². The highest BCUT2D eigenvalue weighted by atomic mass is 19.3. The predicted octanol–water partition coefficient (Wildman–Crippen LogP) is 6.21. The molecule has 0 aliphatic rings. The van der Waals surface area contributed by atoms with Crippen LogP contribution in [0.1, 0.15) is 76.2 Å². The van der Waals surface area contributed by atoms with E-state index >= 15 is 0 Å². The summed E-state index contributed by atoms with van der Waals surface area (Å²) in [4.78, 5) is 13.0. The van der Waals surface area contributed by atoms with E-state index in [0.717, 1.165) is 24.9 Å². The largest absolute Gasteiger partial charge is 0.496 e. The third kappa shape index (κ3) is 7.47. The summed E-state index contributed by atoms with van der Waals surface area (Å²) in [6.07, 6.45) is 7.14. The molecule has 0 unspecified atom stereocenters. The fraction of sp³-hybridized carbons (Fsp3) is 0.682. The zero-order chi connectivity index (χ0) is 20.3. The van der Waals surface area contributed by atoms with Crippen molar-refractivity contribution in [3.05, 3.63) is 23.8 Å². The summed E-state index contributed by atoms with van der Waals surface area (Å²) in [5.41, 5.74) is 1.28. The number of aldehydes is 1. The van der Waals surface area contributed by atoms with Crippen molar-refractivity contribution in [3.8, 4) is 5.75 Å². The van der Waals surface area contributed by atoms with Crippen LogP contribution in [0.3, 0.4) is 0 Å². The van der Waals surface area contributed by atoms with Gasteiger partial charge in [-0.1, -0.05) is 51.5 Å². The van der Waals surface area contributed by atoms with Crippen LogP contribution in [0, 0.1) is 0 Å². The van der Waals surface area contributed by atoms with Crippen molar-refractivity contribution in [2.75, 3.05) is 26.1 Å². The fourth-order valence-electron chi connectivity index (χ4n) is 3.38. The molecule has 0 aliphatic carbocycles. The van der Waals surface area contributed by atoms with Gasteiger partial charge in [-0.25, -0.2) is 8.78 Å². The Labute approximate surface area is 163 Å². The van der Waals surface area contributed by atoms with Gasteiger partial charge < -0.3 is 14.4 Å². The number of rotatable bonds is 14. The van der Waals surface area contributed by atoms with Crippen LogP contribution in [-0.4, -0.2) is 33.4 Å². The average molecular weight is 384 g/mol. The smallest absolute Gasteiger partial charge is 0.255 e. The Morgan fingerprint density at radius 1 is 1.11 bits per heavy atom. The number of hydrogen-bond acceptors (Lipinski definition) is 3. The van der Waals surface area contributed by atoms with Crippen molar-refractivity contribution < 1.29 is 18.3 Å². The van der Waals surface area contributed by atoms with Gasteiger partial charge in [-0.15, -0.1) is 0 Å². The number of anilines is 1. The van der Waals surface area contributed by atoms with E-state index in [1.54, 1.807) is 18.2 Å². The molecule has 0 aromatic heterocycles. The zero-order valence-corrected chi connectivity index (χ0v) is 17.3. The highest BCUT2D eigenvalue weighted by Gasteiger charge is 2.41. The number of unbranched alkanes of at least 4 members (excludes halogenated alkanes) is 6. The number of benzene rings is 1. The first kappa shape index (κ1) is 23.4. The molecule has 3 nitrogen and oxygen atoms in total. The van der Waals surface area contributed by atoms with Gasteiger partial charge in [0.2, 0.25) is 0 Å². The normalized spacial score (nSPS) is 12.7. The van der Waals surface area contributed by atoms with Crippen molar-refractivity contribution in [1.82, 2.24) is 0 Å². The highest BCUT2D eigenvalue weighted by molar-refractivity contribution is 5.57. The fourth-order valence-corrected chi connectivity index (χ4v) is 3.38. The molecule has 1 rings (SSSR count). The van der Waals surface area contributed by atoms with Crippen LogP contribution in [0.15, 0.2) is 18.2 Å². The number of halogens is 2. The lowest BCUT2D eigenvalue weighted by Gasteiger charge is -2.28. The molecule has 0 saturated carbocycles. The van der Waals surface area contributed by atoms with Gasteiger partial charge in [0.1, 0.15) is 12.0 Å². The van der Waals surface area contributed by atoms with E-state index in [4.69, 9.17) is 4.74 Å². The lowest BCUT2D eigenvalue weighted by molar-refractivity contribution is -0.111. The Morgan fingerprint density at radius 3 is 2.30 bits per heavy atom. The van der Waals surface area contributed by atoms with Crippen LogP contribution < -0.4 is 9.64 Å². The molecule has 0 radical (unpaired) electrons. The first-order chi connectivity index (χ1) is 12.9. The van der Waals surface area contributed by atoms with E-state index in [9.17, 15) is 13.6 Å². The molecule has 5 heteroatoms. The minimum atomic E-state index is -2.93. The Kier molecular flexibility index (Phi) is 10.3. The zero-order valence-electron chi connectivity index (χ0n) is 17.3. The summed E-state index contributed by atoms with van der Waals surface area (Å²) < 4.78 is 35.2. The van der Waals surface area contributed by atoms with E-state index in [1.165, 1.54) is 26.4 Å². The molecule has 27 heavy (non-hydrogen) atoms. The van der Waals surface area contributed by atoms with E-state index in [-0.39, 0.29) is 12.8 Å². The molecule has 0 spiro atoms. The molecule has 1 aromatic rings. The van der Waals surface area contributed by atoms with Crippen molar-refractivity contribution in [3.63, 3.8) is 0 Å². The lowest BCUT2D eigenvalue weighted by atomic mass is 9.86. The first-order valence-corrected chi connectivity index (χ1v) is 10.0. The summed E-state index contributed by atoms with van der Waals surface area (Å²) >= 11 is 0. The number of hydrogen-bond donors (Lipinski definition) is 0. The van der Waals surface area contributed by atoms with Crippen LogP contribution >= 0.6 is 0 Å². The molecule has 0 saturated heterocycles. The second-order valence-electron chi connectivity index (χ2n) is 7.41. The maximum absolute atomic E-state index is 14.9. The summed E-state index contributed by atoms with van der Waals surface area (Å²) in [5, 5.41) is 0. The summed E-state index contributed by atoms with van der Waals surface area (Å²) in [6, 6.07) is 5.21. The van der Waals surface area contributed by atoms with Gasteiger partial charge in [0, 0.05) is 44.3 Å². The monoisotopic (exact) mass is 383 g/mol. The van der Waals surface area contributed by atoms with Gasteiger partial charge in [0.25, 0.3) is 5.92 Å². The molecule has 154 valence electrons. The summed E-state index contributed by atoms with van der Waals surface area (Å²) in [7, 11) is 5.24. The van der Waals surface area contributed by atoms with Gasteiger partial charge in [-0.05, 0) is 12.5 Å². The molecule has 1 aromatic carbocycles. The van der Waals surface area contributed by atoms with E-state index < -0.39 is 11.8 Å². The highest BCUT2D eigenvalue weighted by Crippen LogP contribution is 2.43. The number of carbonyl (C=O) groups excluding carboxylic acids is 1. The van der Waals surface area contributed by atoms with Crippen LogP contribution in [-0.2, 0) is 4.79 Å². The minimum absolute atomic E-state index is 0.197. The number of methoxy groups -OCH3 is 1.